The van der Waals surface area contributed by atoms with Crippen molar-refractivity contribution in [1.82, 2.24) is 15.3 Å². The fraction of sp³-hybridized carbons (Fsp3) is 0.600. The molecule has 0 bridgehead atoms. The second-order valence-electron chi connectivity index (χ2n) is 3.49. The maximum Gasteiger partial charge on any atom is 0.316 e. The molecule has 4 nitrogen and oxygen atoms in total. The van der Waals surface area contributed by atoms with E-state index in [1.165, 1.54) is 0 Å². The zero-order chi connectivity index (χ0) is 11.1. The van der Waals surface area contributed by atoms with Crippen LogP contribution in [0.15, 0.2) is 12.4 Å². The van der Waals surface area contributed by atoms with Crippen molar-refractivity contribution >= 4 is 22.6 Å². The Balaban J connectivity index is 2.12. The van der Waals surface area contributed by atoms with Crippen molar-refractivity contribution in [3.05, 3.63) is 16.0 Å². The van der Waals surface area contributed by atoms with Gasteiger partial charge in [-0.1, -0.05) is 13.8 Å². The minimum absolute atomic E-state index is 0.458. The highest BCUT2D eigenvalue weighted by Crippen LogP contribution is 2.04. The second kappa shape index (κ2) is 6.95. The number of nitrogens with one attached hydrogen (secondary N) is 1. The molecule has 0 atom stereocenters. The number of hydrogen-bond acceptors (Lipinski definition) is 4. The Labute approximate surface area is 104 Å². The molecule has 84 valence electrons. The van der Waals surface area contributed by atoms with Crippen molar-refractivity contribution in [3.8, 4) is 6.01 Å². The van der Waals surface area contributed by atoms with Gasteiger partial charge >= 0.3 is 6.01 Å². The molecule has 1 heterocycles. The van der Waals surface area contributed by atoms with Gasteiger partial charge in [0, 0.05) is 22.0 Å². The molecule has 0 aliphatic rings. The standard InChI is InChI=1S/C10H16IN3O/c1-8(2)12-4-3-5-15-10-13-6-9(11)7-14-10/h6-8,12H,3-5H2,1-2H3. The Morgan fingerprint density at radius 3 is 2.67 bits per heavy atom. The van der Waals surface area contributed by atoms with Gasteiger partial charge in [-0.25, -0.2) is 9.97 Å². The second-order valence-corrected chi connectivity index (χ2v) is 4.74. The average Bonchev–Trinajstić information content (AvgIpc) is 2.20. The van der Waals surface area contributed by atoms with Crippen molar-refractivity contribution < 1.29 is 4.74 Å². The van der Waals surface area contributed by atoms with Gasteiger partial charge in [0.1, 0.15) is 0 Å². The van der Waals surface area contributed by atoms with Gasteiger partial charge in [-0.15, -0.1) is 0 Å². The first-order chi connectivity index (χ1) is 7.18. The Hall–Kier alpha value is -0.430. The van der Waals surface area contributed by atoms with Crippen LogP contribution >= 0.6 is 22.6 Å². The summed E-state index contributed by atoms with van der Waals surface area (Å²) in [4.78, 5) is 8.10. The van der Waals surface area contributed by atoms with Gasteiger partial charge in [0.05, 0.1) is 6.61 Å². The Kier molecular flexibility index (Phi) is 5.85. The van der Waals surface area contributed by atoms with Crippen molar-refractivity contribution in [2.45, 2.75) is 26.3 Å². The van der Waals surface area contributed by atoms with Crippen LogP contribution in [0, 0.1) is 3.57 Å². The largest absolute Gasteiger partial charge is 0.463 e. The van der Waals surface area contributed by atoms with E-state index >= 15 is 0 Å². The summed E-state index contributed by atoms with van der Waals surface area (Å²) in [6.45, 7) is 5.87. The van der Waals surface area contributed by atoms with Gasteiger partial charge in [-0.2, -0.15) is 0 Å². The highest BCUT2D eigenvalue weighted by molar-refractivity contribution is 14.1. The number of rotatable bonds is 6. The molecule has 0 spiro atoms. The maximum atomic E-state index is 5.38. The topological polar surface area (TPSA) is 47.0 Å². The van der Waals surface area contributed by atoms with E-state index in [2.05, 4.69) is 51.7 Å². The van der Waals surface area contributed by atoms with Crippen LogP contribution in [-0.4, -0.2) is 29.2 Å². The molecule has 1 aromatic rings. The molecule has 0 radical (unpaired) electrons. The molecule has 0 unspecified atom stereocenters. The number of ether oxygens (including phenoxy) is 1. The monoisotopic (exact) mass is 321 g/mol. The first kappa shape index (κ1) is 12.6. The predicted molar refractivity (Wildman–Crippen MR) is 68.0 cm³/mol. The lowest BCUT2D eigenvalue weighted by Gasteiger charge is -2.07. The van der Waals surface area contributed by atoms with Gasteiger partial charge in [0.15, 0.2) is 0 Å². The summed E-state index contributed by atoms with van der Waals surface area (Å²) in [6, 6.07) is 0.986. The van der Waals surface area contributed by atoms with Gasteiger partial charge in [-0.3, -0.25) is 0 Å². The maximum absolute atomic E-state index is 5.38. The summed E-state index contributed by atoms with van der Waals surface area (Å²) in [5.41, 5.74) is 0. The quantitative estimate of drug-likeness (QED) is 0.642. The van der Waals surface area contributed by atoms with Crippen LogP contribution in [0.2, 0.25) is 0 Å². The SMILES string of the molecule is CC(C)NCCCOc1ncc(I)cn1. The smallest absolute Gasteiger partial charge is 0.316 e. The minimum Gasteiger partial charge on any atom is -0.463 e. The van der Waals surface area contributed by atoms with Gasteiger partial charge in [0.25, 0.3) is 0 Å². The molecule has 15 heavy (non-hydrogen) atoms. The van der Waals surface area contributed by atoms with E-state index in [0.29, 0.717) is 18.7 Å². The van der Waals surface area contributed by atoms with E-state index < -0.39 is 0 Å². The lowest BCUT2D eigenvalue weighted by Crippen LogP contribution is -2.24. The number of aromatic nitrogens is 2. The third kappa shape index (κ3) is 5.88. The van der Waals surface area contributed by atoms with Crippen molar-refractivity contribution in [2.75, 3.05) is 13.2 Å². The molecule has 0 aliphatic heterocycles. The zero-order valence-corrected chi connectivity index (χ0v) is 11.2. The number of hydrogen-bond donors (Lipinski definition) is 1. The van der Waals surface area contributed by atoms with Crippen LogP contribution in [0.4, 0.5) is 0 Å². The fourth-order valence-electron chi connectivity index (χ4n) is 1.00. The summed E-state index contributed by atoms with van der Waals surface area (Å²) in [5, 5.41) is 3.32. The molecular formula is C10H16IN3O. The molecule has 0 fully saturated rings. The van der Waals surface area contributed by atoms with Crippen LogP contribution in [0.1, 0.15) is 20.3 Å². The third-order valence-electron chi connectivity index (χ3n) is 1.70. The zero-order valence-electron chi connectivity index (χ0n) is 9.03. The lowest BCUT2D eigenvalue weighted by molar-refractivity contribution is 0.283. The number of nitrogens with zero attached hydrogens (tertiary/aromatic N) is 2. The summed E-state index contributed by atoms with van der Waals surface area (Å²) in [6.07, 6.45) is 4.46. The van der Waals surface area contributed by atoms with E-state index in [1.54, 1.807) is 12.4 Å². The Morgan fingerprint density at radius 1 is 1.40 bits per heavy atom. The molecule has 0 aromatic carbocycles. The molecule has 0 aliphatic carbocycles. The summed E-state index contributed by atoms with van der Waals surface area (Å²) < 4.78 is 6.39. The van der Waals surface area contributed by atoms with E-state index in [0.717, 1.165) is 16.5 Å². The Bertz CT molecular complexity index is 277. The summed E-state index contributed by atoms with van der Waals surface area (Å²) in [7, 11) is 0. The van der Waals surface area contributed by atoms with Gasteiger partial charge in [0.2, 0.25) is 0 Å². The summed E-state index contributed by atoms with van der Waals surface area (Å²) >= 11 is 2.16. The first-order valence-corrected chi connectivity index (χ1v) is 6.10. The molecule has 1 N–H and O–H groups in total. The molecule has 0 saturated heterocycles. The third-order valence-corrected chi connectivity index (χ3v) is 2.26. The Morgan fingerprint density at radius 2 is 2.07 bits per heavy atom. The number of halogens is 1. The first-order valence-electron chi connectivity index (χ1n) is 5.02. The highest BCUT2D eigenvalue weighted by Gasteiger charge is 1.97. The van der Waals surface area contributed by atoms with Crippen molar-refractivity contribution in [1.29, 1.82) is 0 Å². The van der Waals surface area contributed by atoms with E-state index in [9.17, 15) is 0 Å². The average molecular weight is 321 g/mol. The van der Waals surface area contributed by atoms with Crippen molar-refractivity contribution in [2.24, 2.45) is 0 Å². The molecule has 0 amide bonds. The highest BCUT2D eigenvalue weighted by atomic mass is 127. The molecule has 1 rings (SSSR count). The molecule has 5 heteroatoms. The molecular weight excluding hydrogens is 305 g/mol. The van der Waals surface area contributed by atoms with E-state index in [4.69, 9.17) is 4.74 Å². The van der Waals surface area contributed by atoms with Crippen LogP contribution in [0.25, 0.3) is 0 Å². The van der Waals surface area contributed by atoms with Crippen LogP contribution in [0.3, 0.4) is 0 Å². The van der Waals surface area contributed by atoms with Crippen molar-refractivity contribution in [3.63, 3.8) is 0 Å². The predicted octanol–water partition coefficient (Wildman–Crippen LogP) is 1.85. The van der Waals surface area contributed by atoms with Crippen LogP contribution in [-0.2, 0) is 0 Å². The van der Waals surface area contributed by atoms with E-state index in [-0.39, 0.29) is 0 Å². The normalized spacial score (nSPS) is 10.7. The lowest BCUT2D eigenvalue weighted by atomic mass is 10.3. The summed E-state index contributed by atoms with van der Waals surface area (Å²) in [5.74, 6) is 0. The molecule has 0 saturated carbocycles. The van der Waals surface area contributed by atoms with Gasteiger partial charge in [-0.05, 0) is 35.6 Å². The fourth-order valence-corrected chi connectivity index (χ4v) is 1.28. The molecule has 1 aromatic heterocycles. The van der Waals surface area contributed by atoms with Gasteiger partial charge < -0.3 is 10.1 Å². The van der Waals surface area contributed by atoms with E-state index in [1.807, 2.05) is 0 Å². The minimum atomic E-state index is 0.458. The van der Waals surface area contributed by atoms with Crippen LogP contribution < -0.4 is 10.1 Å². The van der Waals surface area contributed by atoms with Crippen LogP contribution in [0.5, 0.6) is 6.01 Å².